The van der Waals surface area contributed by atoms with Crippen LogP contribution in [0.3, 0.4) is 0 Å². The summed E-state index contributed by atoms with van der Waals surface area (Å²) in [6, 6.07) is 0. The quantitative estimate of drug-likeness (QED) is 0.650. The lowest BCUT2D eigenvalue weighted by Crippen LogP contribution is -2.16. The lowest BCUT2D eigenvalue weighted by Gasteiger charge is -2.21. The Hall–Kier alpha value is -1.92. The maximum Gasteiger partial charge on any atom is 0.349 e. The van der Waals surface area contributed by atoms with Crippen molar-refractivity contribution >= 4 is 11.6 Å². The SMILES string of the molecule is CNc1ncc([N+](=O)[O-])c(OCC2CCCCC2)n1. The van der Waals surface area contributed by atoms with Gasteiger partial charge >= 0.3 is 5.69 Å². The van der Waals surface area contributed by atoms with E-state index in [1.807, 2.05) is 0 Å². The number of hydrogen-bond donors (Lipinski definition) is 1. The molecule has 0 spiro atoms. The minimum absolute atomic E-state index is 0.0509. The number of nitrogens with zero attached hydrogens (tertiary/aromatic N) is 3. The number of nitrogens with one attached hydrogen (secondary N) is 1. The first-order valence-corrected chi connectivity index (χ1v) is 6.52. The Morgan fingerprint density at radius 3 is 2.84 bits per heavy atom. The van der Waals surface area contributed by atoms with Crippen LogP contribution >= 0.6 is 0 Å². The molecule has 0 aromatic carbocycles. The van der Waals surface area contributed by atoms with Crippen molar-refractivity contribution in [1.82, 2.24) is 9.97 Å². The molecule has 0 unspecified atom stereocenters. The van der Waals surface area contributed by atoms with Gasteiger partial charge in [-0.05, 0) is 18.8 Å². The van der Waals surface area contributed by atoms with E-state index >= 15 is 0 Å². The molecule has 0 aliphatic heterocycles. The number of anilines is 1. The van der Waals surface area contributed by atoms with Crippen molar-refractivity contribution in [3.8, 4) is 5.88 Å². The van der Waals surface area contributed by atoms with Crippen molar-refractivity contribution < 1.29 is 9.66 Å². The van der Waals surface area contributed by atoms with Crippen LogP contribution < -0.4 is 10.1 Å². The summed E-state index contributed by atoms with van der Waals surface area (Å²) < 4.78 is 5.55. The third-order valence-electron chi connectivity index (χ3n) is 3.34. The van der Waals surface area contributed by atoms with Gasteiger partial charge in [-0.15, -0.1) is 0 Å². The summed E-state index contributed by atoms with van der Waals surface area (Å²) in [5, 5.41) is 13.6. The number of rotatable bonds is 5. The minimum Gasteiger partial charge on any atom is -0.472 e. The van der Waals surface area contributed by atoms with Crippen LogP contribution in [0, 0.1) is 16.0 Å². The number of nitro groups is 1. The second-order valence-corrected chi connectivity index (χ2v) is 4.71. The van der Waals surface area contributed by atoms with Crippen LogP contribution in [-0.2, 0) is 0 Å². The lowest BCUT2D eigenvalue weighted by molar-refractivity contribution is -0.386. The van der Waals surface area contributed by atoms with Gasteiger partial charge in [0.15, 0.2) is 0 Å². The Morgan fingerprint density at radius 1 is 1.47 bits per heavy atom. The van der Waals surface area contributed by atoms with Crippen LogP contribution in [0.25, 0.3) is 0 Å². The highest BCUT2D eigenvalue weighted by atomic mass is 16.6. The van der Waals surface area contributed by atoms with Crippen LogP contribution in [-0.4, -0.2) is 28.5 Å². The van der Waals surface area contributed by atoms with Gasteiger partial charge < -0.3 is 10.1 Å². The van der Waals surface area contributed by atoms with Crippen molar-refractivity contribution in [3.05, 3.63) is 16.3 Å². The molecule has 7 nitrogen and oxygen atoms in total. The van der Waals surface area contributed by atoms with E-state index in [1.165, 1.54) is 25.5 Å². The lowest BCUT2D eigenvalue weighted by atomic mass is 9.90. The molecule has 104 valence electrons. The van der Waals surface area contributed by atoms with Gasteiger partial charge in [-0.1, -0.05) is 19.3 Å². The first-order valence-electron chi connectivity index (χ1n) is 6.52. The van der Waals surface area contributed by atoms with E-state index < -0.39 is 4.92 Å². The molecular weight excluding hydrogens is 248 g/mol. The number of aromatic nitrogens is 2. The first kappa shape index (κ1) is 13.5. The molecule has 1 heterocycles. The number of hydrogen-bond acceptors (Lipinski definition) is 6. The predicted octanol–water partition coefficient (Wildman–Crippen LogP) is 2.39. The summed E-state index contributed by atoms with van der Waals surface area (Å²) in [5.74, 6) is 0.848. The van der Waals surface area contributed by atoms with Crippen LogP contribution in [0.15, 0.2) is 6.20 Å². The zero-order valence-corrected chi connectivity index (χ0v) is 11.0. The van der Waals surface area contributed by atoms with E-state index in [0.717, 1.165) is 12.8 Å². The molecule has 1 aromatic rings. The van der Waals surface area contributed by atoms with Crippen molar-refractivity contribution in [1.29, 1.82) is 0 Å². The monoisotopic (exact) mass is 266 g/mol. The fourth-order valence-corrected chi connectivity index (χ4v) is 2.26. The molecule has 0 saturated heterocycles. The zero-order chi connectivity index (χ0) is 13.7. The Balaban J connectivity index is 2.06. The molecule has 0 amide bonds. The molecule has 1 saturated carbocycles. The van der Waals surface area contributed by atoms with Crippen LogP contribution in [0.1, 0.15) is 32.1 Å². The average Bonchev–Trinajstić information content (AvgIpc) is 2.45. The molecule has 0 radical (unpaired) electrons. The van der Waals surface area contributed by atoms with E-state index in [2.05, 4.69) is 15.3 Å². The van der Waals surface area contributed by atoms with E-state index in [-0.39, 0.29) is 11.6 Å². The highest BCUT2D eigenvalue weighted by Crippen LogP contribution is 2.28. The molecule has 1 N–H and O–H groups in total. The Morgan fingerprint density at radius 2 is 2.21 bits per heavy atom. The normalized spacial score (nSPS) is 16.1. The Labute approximate surface area is 111 Å². The molecule has 1 fully saturated rings. The summed E-state index contributed by atoms with van der Waals surface area (Å²) in [5.41, 5.74) is -0.185. The molecular formula is C12H18N4O3. The maximum atomic E-state index is 10.9. The van der Waals surface area contributed by atoms with Crippen molar-refractivity contribution in [2.45, 2.75) is 32.1 Å². The van der Waals surface area contributed by atoms with Gasteiger partial charge in [0.05, 0.1) is 11.5 Å². The largest absolute Gasteiger partial charge is 0.472 e. The van der Waals surface area contributed by atoms with Crippen molar-refractivity contribution in [3.63, 3.8) is 0 Å². The molecule has 0 bridgehead atoms. The number of ether oxygens (including phenoxy) is 1. The smallest absolute Gasteiger partial charge is 0.349 e. The first-order chi connectivity index (χ1) is 9.20. The highest BCUT2D eigenvalue weighted by Gasteiger charge is 2.21. The summed E-state index contributed by atoms with van der Waals surface area (Å²) >= 11 is 0. The van der Waals surface area contributed by atoms with E-state index in [4.69, 9.17) is 4.74 Å². The summed E-state index contributed by atoms with van der Waals surface area (Å²) in [4.78, 5) is 18.2. The molecule has 1 aliphatic rings. The fraction of sp³-hybridized carbons (Fsp3) is 0.667. The summed E-state index contributed by atoms with van der Waals surface area (Å²) in [6.45, 7) is 0.487. The third kappa shape index (κ3) is 3.52. The summed E-state index contributed by atoms with van der Waals surface area (Å²) in [6.07, 6.45) is 7.11. The van der Waals surface area contributed by atoms with Gasteiger partial charge in [0.2, 0.25) is 5.95 Å². The fourth-order valence-electron chi connectivity index (χ4n) is 2.26. The van der Waals surface area contributed by atoms with Crippen LogP contribution in [0.5, 0.6) is 5.88 Å². The van der Waals surface area contributed by atoms with Crippen molar-refractivity contribution in [2.24, 2.45) is 5.92 Å². The Bertz CT molecular complexity index is 447. The molecule has 19 heavy (non-hydrogen) atoms. The molecule has 2 rings (SSSR count). The predicted molar refractivity (Wildman–Crippen MR) is 70.3 cm³/mol. The van der Waals surface area contributed by atoms with Crippen molar-refractivity contribution in [2.75, 3.05) is 19.0 Å². The highest BCUT2D eigenvalue weighted by molar-refractivity contribution is 5.42. The topological polar surface area (TPSA) is 90.2 Å². The molecule has 7 heteroatoms. The second kappa shape index (κ2) is 6.31. The molecule has 1 aromatic heterocycles. The van der Waals surface area contributed by atoms with Crippen LogP contribution in [0.2, 0.25) is 0 Å². The van der Waals surface area contributed by atoms with E-state index in [1.54, 1.807) is 7.05 Å². The third-order valence-corrected chi connectivity index (χ3v) is 3.34. The molecule has 0 atom stereocenters. The summed E-state index contributed by atoms with van der Waals surface area (Å²) in [7, 11) is 1.66. The van der Waals surface area contributed by atoms with Gasteiger partial charge in [0, 0.05) is 7.05 Å². The Kier molecular flexibility index (Phi) is 4.48. The molecule has 1 aliphatic carbocycles. The van der Waals surface area contributed by atoms with E-state index in [9.17, 15) is 10.1 Å². The average molecular weight is 266 g/mol. The van der Waals surface area contributed by atoms with Gasteiger partial charge in [0.1, 0.15) is 6.20 Å². The minimum atomic E-state index is -0.518. The second-order valence-electron chi connectivity index (χ2n) is 4.71. The van der Waals surface area contributed by atoms with Gasteiger partial charge in [-0.2, -0.15) is 4.98 Å². The van der Waals surface area contributed by atoms with Gasteiger partial charge in [0.25, 0.3) is 5.88 Å². The standard InChI is InChI=1S/C12H18N4O3/c1-13-12-14-7-10(16(17)18)11(15-12)19-8-9-5-3-2-4-6-9/h7,9H,2-6,8H2,1H3,(H,13,14,15). The zero-order valence-electron chi connectivity index (χ0n) is 11.0. The van der Waals surface area contributed by atoms with Gasteiger partial charge in [-0.3, -0.25) is 10.1 Å². The van der Waals surface area contributed by atoms with Gasteiger partial charge in [-0.25, -0.2) is 4.98 Å². The van der Waals surface area contributed by atoms with Crippen LogP contribution in [0.4, 0.5) is 11.6 Å². The maximum absolute atomic E-state index is 10.9. The van der Waals surface area contributed by atoms with E-state index in [0.29, 0.717) is 18.5 Å².